The molecule has 1 saturated carbocycles. The van der Waals surface area contributed by atoms with Crippen LogP contribution in [0.4, 0.5) is 0 Å². The smallest absolute Gasteiger partial charge is 0.227 e. The van der Waals surface area contributed by atoms with Gasteiger partial charge in [-0.1, -0.05) is 24.6 Å². The molecule has 4 aliphatic rings. The molecule has 1 aromatic rings. The van der Waals surface area contributed by atoms with Crippen LogP contribution in [-0.2, 0) is 11.3 Å². The molecule has 0 aromatic heterocycles. The Labute approximate surface area is 155 Å². The Hall–Kier alpha value is -1.59. The normalized spacial score (nSPS) is 26.7. The van der Waals surface area contributed by atoms with Crippen molar-refractivity contribution in [3.63, 3.8) is 0 Å². The fourth-order valence-corrected chi connectivity index (χ4v) is 4.62. The Kier molecular flexibility index (Phi) is 5.46. The van der Waals surface area contributed by atoms with E-state index in [-0.39, 0.29) is 12.5 Å². The number of hydrogen-bond donors (Lipinski definition) is 1. The fourth-order valence-electron chi connectivity index (χ4n) is 4.62. The summed E-state index contributed by atoms with van der Waals surface area (Å²) >= 11 is 0. The van der Waals surface area contributed by atoms with Crippen LogP contribution >= 0.6 is 0 Å². The van der Waals surface area contributed by atoms with Gasteiger partial charge in [-0.15, -0.1) is 0 Å². The largest absolute Gasteiger partial charge is 0.491 e. The van der Waals surface area contributed by atoms with Crippen LogP contribution < -0.4 is 4.74 Å². The topological polar surface area (TPSA) is 53.0 Å². The molecular formula is C21H30N2O3. The monoisotopic (exact) mass is 358 g/mol. The molecule has 1 aromatic carbocycles. The minimum atomic E-state index is 0.0207. The minimum absolute atomic E-state index is 0.0207. The standard InChI is InChI=1S/C21H30N2O3/c24-10-11-26-20-7-2-1-6-17(20)13-22-14-18-8-9-19(15-22)23(21(18)25)12-16-4-3-5-16/h1-2,6-7,16,18-19,24H,3-5,8-15H2. The van der Waals surface area contributed by atoms with Crippen molar-refractivity contribution in [3.8, 4) is 5.75 Å². The van der Waals surface area contributed by atoms with E-state index in [0.29, 0.717) is 18.6 Å². The van der Waals surface area contributed by atoms with Crippen LogP contribution in [-0.4, -0.2) is 59.7 Å². The Balaban J connectivity index is 1.45. The SMILES string of the molecule is O=C1C2CCC(CN(Cc3ccccc3OCCO)C2)N1CC1CCC1. The van der Waals surface area contributed by atoms with Crippen molar-refractivity contribution in [2.75, 3.05) is 32.8 Å². The lowest BCUT2D eigenvalue weighted by atomic mass is 9.83. The van der Waals surface area contributed by atoms with Gasteiger partial charge in [-0.25, -0.2) is 0 Å². The predicted octanol–water partition coefficient (Wildman–Crippen LogP) is 2.28. The molecule has 1 N–H and O–H groups in total. The van der Waals surface area contributed by atoms with E-state index in [2.05, 4.69) is 15.9 Å². The molecule has 0 spiro atoms. The fraction of sp³-hybridized carbons (Fsp3) is 0.667. The van der Waals surface area contributed by atoms with Gasteiger partial charge in [0.2, 0.25) is 5.91 Å². The molecule has 3 saturated heterocycles. The highest BCUT2D eigenvalue weighted by atomic mass is 16.5. The lowest BCUT2D eigenvalue weighted by Gasteiger charge is -2.40. The number of benzene rings is 1. The Morgan fingerprint density at radius 3 is 2.73 bits per heavy atom. The molecule has 5 heteroatoms. The first-order valence-corrected chi connectivity index (χ1v) is 10.1. The Morgan fingerprint density at radius 1 is 1.12 bits per heavy atom. The van der Waals surface area contributed by atoms with Gasteiger partial charge in [-0.05, 0) is 37.7 Å². The van der Waals surface area contributed by atoms with E-state index in [0.717, 1.165) is 56.3 Å². The molecular weight excluding hydrogens is 328 g/mol. The quantitative estimate of drug-likeness (QED) is 0.812. The van der Waals surface area contributed by atoms with Crippen molar-refractivity contribution in [2.45, 2.75) is 44.7 Å². The van der Waals surface area contributed by atoms with E-state index in [9.17, 15) is 4.79 Å². The van der Waals surface area contributed by atoms with Crippen LogP contribution in [0.5, 0.6) is 5.75 Å². The molecule has 0 radical (unpaired) electrons. The van der Waals surface area contributed by atoms with E-state index < -0.39 is 0 Å². The van der Waals surface area contributed by atoms with Crippen LogP contribution in [0.2, 0.25) is 0 Å². The first-order valence-electron chi connectivity index (χ1n) is 10.1. The van der Waals surface area contributed by atoms with Crippen LogP contribution in [0.3, 0.4) is 0 Å². The molecule has 5 rings (SSSR count). The highest BCUT2D eigenvalue weighted by Gasteiger charge is 2.41. The predicted molar refractivity (Wildman–Crippen MR) is 99.9 cm³/mol. The molecule has 2 atom stereocenters. The number of nitrogens with zero attached hydrogens (tertiary/aromatic N) is 2. The molecule has 5 nitrogen and oxygen atoms in total. The van der Waals surface area contributed by atoms with Gasteiger partial charge in [-0.3, -0.25) is 9.69 Å². The third kappa shape index (κ3) is 3.74. The zero-order chi connectivity index (χ0) is 17.9. The Bertz CT molecular complexity index is 631. The van der Waals surface area contributed by atoms with E-state index in [1.807, 2.05) is 18.2 Å². The first kappa shape index (κ1) is 17.8. The lowest BCUT2D eigenvalue weighted by Crippen LogP contribution is -2.50. The Morgan fingerprint density at radius 2 is 1.96 bits per heavy atom. The van der Waals surface area contributed by atoms with Gasteiger partial charge >= 0.3 is 0 Å². The number of carbonyl (C=O) groups is 1. The third-order valence-electron chi connectivity index (χ3n) is 6.26. The number of aliphatic hydroxyl groups excluding tert-OH is 1. The number of amides is 1. The number of ether oxygens (including phenoxy) is 1. The van der Waals surface area contributed by atoms with Crippen molar-refractivity contribution in [3.05, 3.63) is 29.8 Å². The minimum Gasteiger partial charge on any atom is -0.491 e. The number of hydrogen-bond acceptors (Lipinski definition) is 4. The molecule has 1 aliphatic carbocycles. The van der Waals surface area contributed by atoms with E-state index >= 15 is 0 Å². The zero-order valence-corrected chi connectivity index (χ0v) is 15.5. The average Bonchev–Trinajstić information content (AvgIpc) is 2.88. The molecule has 1 amide bonds. The summed E-state index contributed by atoms with van der Waals surface area (Å²) in [4.78, 5) is 17.6. The van der Waals surface area contributed by atoms with Gasteiger partial charge in [0.1, 0.15) is 12.4 Å². The van der Waals surface area contributed by atoms with Crippen LogP contribution in [0.25, 0.3) is 0 Å². The van der Waals surface area contributed by atoms with Gasteiger partial charge < -0.3 is 14.7 Å². The molecule has 142 valence electrons. The third-order valence-corrected chi connectivity index (χ3v) is 6.26. The molecule has 3 heterocycles. The molecule has 26 heavy (non-hydrogen) atoms. The number of fused-ring (bicyclic) bond motifs is 4. The summed E-state index contributed by atoms with van der Waals surface area (Å²) in [7, 11) is 0. The maximum absolute atomic E-state index is 12.9. The maximum Gasteiger partial charge on any atom is 0.227 e. The van der Waals surface area contributed by atoms with Crippen LogP contribution in [0, 0.1) is 11.8 Å². The zero-order valence-electron chi connectivity index (χ0n) is 15.5. The number of rotatable bonds is 7. The average molecular weight is 358 g/mol. The summed E-state index contributed by atoms with van der Waals surface area (Å²) in [5.74, 6) is 2.12. The van der Waals surface area contributed by atoms with Gasteiger partial charge in [0.25, 0.3) is 0 Å². The molecule has 2 unspecified atom stereocenters. The number of piperidine rings is 1. The van der Waals surface area contributed by atoms with Gasteiger partial charge in [-0.2, -0.15) is 0 Å². The summed E-state index contributed by atoms with van der Waals surface area (Å²) in [5, 5.41) is 9.03. The van der Waals surface area contributed by atoms with Crippen molar-refractivity contribution >= 4 is 5.91 Å². The van der Waals surface area contributed by atoms with Crippen molar-refractivity contribution in [1.29, 1.82) is 0 Å². The number of carbonyl (C=O) groups excluding carboxylic acids is 1. The summed E-state index contributed by atoms with van der Waals surface area (Å²) in [6, 6.07) is 8.42. The van der Waals surface area contributed by atoms with E-state index in [1.54, 1.807) is 0 Å². The highest BCUT2D eigenvalue weighted by Crippen LogP contribution is 2.34. The maximum atomic E-state index is 12.9. The summed E-state index contributed by atoms with van der Waals surface area (Å²) in [5.41, 5.74) is 1.14. The first-order chi connectivity index (χ1) is 12.7. The summed E-state index contributed by atoms with van der Waals surface area (Å²) in [6.45, 7) is 3.93. The van der Waals surface area contributed by atoms with Gasteiger partial charge in [0.15, 0.2) is 0 Å². The second-order valence-corrected chi connectivity index (χ2v) is 8.09. The lowest BCUT2D eigenvalue weighted by molar-refractivity contribution is -0.141. The van der Waals surface area contributed by atoms with Crippen LogP contribution in [0.1, 0.15) is 37.7 Å². The number of aliphatic hydroxyl groups is 1. The van der Waals surface area contributed by atoms with Gasteiger partial charge in [0, 0.05) is 37.8 Å². The van der Waals surface area contributed by atoms with E-state index in [4.69, 9.17) is 9.84 Å². The van der Waals surface area contributed by atoms with Crippen molar-refractivity contribution in [1.82, 2.24) is 9.80 Å². The second kappa shape index (κ2) is 7.97. The van der Waals surface area contributed by atoms with E-state index in [1.165, 1.54) is 19.3 Å². The van der Waals surface area contributed by atoms with Crippen molar-refractivity contribution < 1.29 is 14.6 Å². The summed E-state index contributed by atoms with van der Waals surface area (Å²) < 4.78 is 5.69. The molecule has 2 bridgehead atoms. The second-order valence-electron chi connectivity index (χ2n) is 8.09. The van der Waals surface area contributed by atoms with Gasteiger partial charge in [0.05, 0.1) is 12.5 Å². The number of para-hydroxylation sites is 1. The van der Waals surface area contributed by atoms with Crippen molar-refractivity contribution in [2.24, 2.45) is 11.8 Å². The highest BCUT2D eigenvalue weighted by molar-refractivity contribution is 5.80. The summed E-state index contributed by atoms with van der Waals surface area (Å²) in [6.07, 6.45) is 6.09. The molecule has 4 fully saturated rings. The van der Waals surface area contributed by atoms with Crippen LogP contribution in [0.15, 0.2) is 24.3 Å². The molecule has 3 aliphatic heterocycles.